The molecule has 180 valence electrons. The van der Waals surface area contributed by atoms with Gasteiger partial charge in [-0.2, -0.15) is 5.10 Å². The van der Waals surface area contributed by atoms with Crippen LogP contribution in [0.5, 0.6) is 5.75 Å². The van der Waals surface area contributed by atoms with Crippen molar-refractivity contribution in [2.75, 3.05) is 27.2 Å². The summed E-state index contributed by atoms with van der Waals surface area (Å²) in [5.41, 5.74) is 6.41. The Bertz CT molecular complexity index is 1680. The van der Waals surface area contributed by atoms with Gasteiger partial charge in [0, 0.05) is 39.8 Å². The molecule has 0 fully saturated rings. The molecule has 0 spiro atoms. The highest BCUT2D eigenvalue weighted by Crippen LogP contribution is 2.34. The molecule has 0 atom stereocenters. The number of aryl methyl sites for hydroxylation is 1. The van der Waals surface area contributed by atoms with E-state index in [9.17, 15) is 0 Å². The number of thiophene rings is 1. The summed E-state index contributed by atoms with van der Waals surface area (Å²) in [6.07, 6.45) is 5.30. The Kier molecular flexibility index (Phi) is 5.67. The van der Waals surface area contributed by atoms with Gasteiger partial charge in [-0.25, -0.2) is 15.0 Å². The van der Waals surface area contributed by atoms with Crippen molar-refractivity contribution >= 4 is 33.5 Å². The monoisotopic (exact) mass is 496 g/mol. The number of ether oxygens (including phenoxy) is 1. The second-order valence-corrected chi connectivity index (χ2v) is 10.1. The second kappa shape index (κ2) is 9.14. The number of hydrogen-bond acceptors (Lipinski definition) is 8. The van der Waals surface area contributed by atoms with Crippen LogP contribution in [0.4, 0.5) is 0 Å². The van der Waals surface area contributed by atoms with Crippen LogP contribution in [0.1, 0.15) is 4.88 Å². The summed E-state index contributed by atoms with van der Waals surface area (Å²) in [6.45, 7) is 3.51. The van der Waals surface area contributed by atoms with Gasteiger partial charge in [-0.1, -0.05) is 0 Å². The fraction of sp³-hybridized carbons (Fsp3) is 0.192. The Labute approximate surface area is 211 Å². The molecule has 6 rings (SSSR count). The molecule has 0 radical (unpaired) electrons. The van der Waals surface area contributed by atoms with Crippen molar-refractivity contribution in [3.05, 3.63) is 59.9 Å². The predicted octanol–water partition coefficient (Wildman–Crippen LogP) is 4.94. The van der Waals surface area contributed by atoms with Crippen molar-refractivity contribution in [3.8, 4) is 39.0 Å². The van der Waals surface area contributed by atoms with Gasteiger partial charge < -0.3 is 14.6 Å². The number of pyridine rings is 3. The van der Waals surface area contributed by atoms with Crippen LogP contribution in [-0.4, -0.2) is 67.3 Å². The summed E-state index contributed by atoms with van der Waals surface area (Å²) in [5.74, 6) is 1.33. The maximum absolute atomic E-state index is 5.86. The largest absolute Gasteiger partial charge is 0.491 e. The lowest BCUT2D eigenvalue weighted by atomic mass is 10.1. The van der Waals surface area contributed by atoms with Crippen molar-refractivity contribution in [1.29, 1.82) is 0 Å². The van der Waals surface area contributed by atoms with E-state index in [1.54, 1.807) is 29.9 Å². The highest BCUT2D eigenvalue weighted by molar-refractivity contribution is 7.15. The number of likely N-dealkylation sites (N-methyl/N-ethyl adjacent to an activating group) is 1. The van der Waals surface area contributed by atoms with Gasteiger partial charge in [0.15, 0.2) is 17.2 Å². The Balaban J connectivity index is 1.37. The van der Waals surface area contributed by atoms with Crippen LogP contribution in [-0.2, 0) is 0 Å². The summed E-state index contributed by atoms with van der Waals surface area (Å²) < 4.78 is 5.86. The van der Waals surface area contributed by atoms with Gasteiger partial charge in [-0.15, -0.1) is 11.3 Å². The van der Waals surface area contributed by atoms with Gasteiger partial charge in [0.2, 0.25) is 0 Å². The zero-order chi connectivity index (χ0) is 24.6. The standard InChI is InChI=1S/C26H24N8OS/c1-15-4-7-21(36-15)18-8-9-28-25-22(18)30-26(31-25)24-23-20(32-33-24)6-5-19(29-23)16-12-17(14-27-13-16)35-11-10-34(2)3/h4-9,12-14H,10-11H2,1-3H3,(H,32,33)(H,28,30,31). The lowest BCUT2D eigenvalue weighted by molar-refractivity contribution is 0.261. The van der Waals surface area contributed by atoms with Crippen molar-refractivity contribution < 1.29 is 4.74 Å². The van der Waals surface area contributed by atoms with Gasteiger partial charge >= 0.3 is 0 Å². The first-order valence-corrected chi connectivity index (χ1v) is 12.4. The maximum Gasteiger partial charge on any atom is 0.162 e. The first kappa shape index (κ1) is 22.3. The zero-order valence-corrected chi connectivity index (χ0v) is 20.9. The molecular formula is C26H24N8OS. The predicted molar refractivity (Wildman–Crippen MR) is 142 cm³/mol. The van der Waals surface area contributed by atoms with Crippen LogP contribution < -0.4 is 4.74 Å². The van der Waals surface area contributed by atoms with E-state index >= 15 is 0 Å². The van der Waals surface area contributed by atoms with Gasteiger partial charge in [0.05, 0.1) is 17.4 Å². The summed E-state index contributed by atoms with van der Waals surface area (Å²) in [5, 5.41) is 7.60. The lowest BCUT2D eigenvalue weighted by Crippen LogP contribution is -2.19. The topological polar surface area (TPSA) is 108 Å². The Morgan fingerprint density at radius 1 is 1.03 bits per heavy atom. The number of nitrogens with zero attached hydrogens (tertiary/aromatic N) is 6. The van der Waals surface area contributed by atoms with Crippen molar-refractivity contribution in [1.82, 2.24) is 40.0 Å². The van der Waals surface area contributed by atoms with Crippen LogP contribution in [0.25, 0.3) is 55.4 Å². The summed E-state index contributed by atoms with van der Waals surface area (Å²) in [6, 6.07) is 12.1. The molecule has 0 saturated carbocycles. The molecule has 0 aliphatic heterocycles. The van der Waals surface area contributed by atoms with Gasteiger partial charge in [-0.05, 0) is 57.4 Å². The van der Waals surface area contributed by atoms with E-state index in [0.717, 1.165) is 44.8 Å². The van der Waals surface area contributed by atoms with Gasteiger partial charge in [-0.3, -0.25) is 10.1 Å². The second-order valence-electron chi connectivity index (χ2n) is 8.78. The molecule has 10 heteroatoms. The summed E-state index contributed by atoms with van der Waals surface area (Å²) in [4.78, 5) is 26.5. The minimum absolute atomic E-state index is 0.587. The van der Waals surface area contributed by atoms with Crippen molar-refractivity contribution in [3.63, 3.8) is 0 Å². The van der Waals surface area contributed by atoms with Crippen LogP contribution in [0.2, 0.25) is 0 Å². The third-order valence-corrected chi connectivity index (χ3v) is 6.87. The lowest BCUT2D eigenvalue weighted by Gasteiger charge is -2.11. The number of imidazole rings is 1. The number of nitrogens with one attached hydrogen (secondary N) is 2. The van der Waals surface area contributed by atoms with Crippen molar-refractivity contribution in [2.45, 2.75) is 6.92 Å². The molecule has 6 aromatic rings. The number of H-pyrrole nitrogens is 2. The molecule has 0 bridgehead atoms. The highest BCUT2D eigenvalue weighted by Gasteiger charge is 2.18. The summed E-state index contributed by atoms with van der Waals surface area (Å²) in [7, 11) is 4.03. The molecule has 0 aliphatic carbocycles. The average Bonchev–Trinajstić information content (AvgIpc) is 3.61. The Morgan fingerprint density at radius 2 is 1.94 bits per heavy atom. The third kappa shape index (κ3) is 4.21. The minimum Gasteiger partial charge on any atom is -0.491 e. The number of rotatable bonds is 7. The van der Waals surface area contributed by atoms with E-state index in [-0.39, 0.29) is 0 Å². The molecule has 6 heterocycles. The van der Waals surface area contributed by atoms with E-state index in [1.165, 1.54) is 4.88 Å². The minimum atomic E-state index is 0.587. The summed E-state index contributed by atoms with van der Waals surface area (Å²) >= 11 is 1.74. The Morgan fingerprint density at radius 3 is 2.78 bits per heavy atom. The fourth-order valence-electron chi connectivity index (χ4n) is 4.01. The van der Waals surface area contributed by atoms with Crippen LogP contribution in [0, 0.1) is 6.92 Å². The normalized spacial score (nSPS) is 11.7. The molecule has 0 aromatic carbocycles. The number of fused-ring (bicyclic) bond motifs is 2. The molecule has 9 nitrogen and oxygen atoms in total. The van der Waals surface area contributed by atoms with Crippen LogP contribution in [0.3, 0.4) is 0 Å². The quantitative estimate of drug-likeness (QED) is 0.322. The van der Waals surface area contributed by atoms with Crippen LogP contribution >= 0.6 is 11.3 Å². The molecule has 6 aromatic heterocycles. The maximum atomic E-state index is 5.86. The van der Waals surface area contributed by atoms with Crippen LogP contribution in [0.15, 0.2) is 55.0 Å². The number of hydrogen-bond donors (Lipinski definition) is 2. The zero-order valence-electron chi connectivity index (χ0n) is 20.1. The molecule has 36 heavy (non-hydrogen) atoms. The fourth-order valence-corrected chi connectivity index (χ4v) is 4.90. The van der Waals surface area contributed by atoms with Gasteiger partial charge in [0.25, 0.3) is 0 Å². The van der Waals surface area contributed by atoms with E-state index in [0.29, 0.717) is 29.5 Å². The molecule has 0 aliphatic rings. The van der Waals surface area contributed by atoms with E-state index in [2.05, 4.69) is 49.1 Å². The molecule has 2 N–H and O–H groups in total. The first-order chi connectivity index (χ1) is 17.5. The van der Waals surface area contributed by atoms with Crippen molar-refractivity contribution in [2.24, 2.45) is 0 Å². The first-order valence-electron chi connectivity index (χ1n) is 11.5. The number of aromatic amines is 2. The molecule has 0 saturated heterocycles. The van der Waals surface area contributed by atoms with E-state index < -0.39 is 0 Å². The van der Waals surface area contributed by atoms with E-state index in [4.69, 9.17) is 14.7 Å². The number of aromatic nitrogens is 7. The smallest absolute Gasteiger partial charge is 0.162 e. The SMILES string of the molecule is Cc1ccc(-c2ccnc3[nH]c(-c4n[nH]c5ccc(-c6cncc(OCCN(C)C)c6)nc45)nc23)s1. The molecule has 0 amide bonds. The molecule has 0 unspecified atom stereocenters. The third-order valence-electron chi connectivity index (χ3n) is 5.84. The average molecular weight is 497 g/mol. The highest BCUT2D eigenvalue weighted by atomic mass is 32.1. The Hall–Kier alpha value is -4.15. The molecular weight excluding hydrogens is 472 g/mol. The van der Waals surface area contributed by atoms with E-state index in [1.807, 2.05) is 38.4 Å². The van der Waals surface area contributed by atoms with Gasteiger partial charge in [0.1, 0.15) is 23.4 Å².